The summed E-state index contributed by atoms with van der Waals surface area (Å²) in [4.78, 5) is 33.3. The molecule has 1 unspecified atom stereocenters. The number of hydrogen-bond donors (Lipinski definition) is 3. The molecular weight excluding hydrogens is 314 g/mol. The van der Waals surface area contributed by atoms with Crippen molar-refractivity contribution in [3.05, 3.63) is 35.4 Å². The van der Waals surface area contributed by atoms with Crippen LogP contribution in [-0.2, 0) is 25.2 Å². The molecule has 8 nitrogen and oxygen atoms in total. The summed E-state index contributed by atoms with van der Waals surface area (Å²) in [7, 11) is -3.20. The van der Waals surface area contributed by atoms with Crippen LogP contribution in [0.5, 0.6) is 0 Å². The van der Waals surface area contributed by atoms with E-state index in [0.29, 0.717) is 5.56 Å². The normalized spacial score (nSPS) is 12.4. The van der Waals surface area contributed by atoms with E-state index < -0.39 is 40.1 Å². The number of amides is 1. The zero-order valence-corrected chi connectivity index (χ0v) is 12.5. The molecule has 1 atom stereocenters. The van der Waals surface area contributed by atoms with Crippen LogP contribution < -0.4 is 5.32 Å². The number of nitrogens with one attached hydrogen (secondary N) is 1. The molecule has 120 valence electrons. The van der Waals surface area contributed by atoms with Crippen molar-refractivity contribution in [2.45, 2.75) is 18.2 Å². The second-order valence-electron chi connectivity index (χ2n) is 4.73. The second kappa shape index (κ2) is 7.03. The minimum absolute atomic E-state index is 0.105. The van der Waals surface area contributed by atoms with E-state index in [1.165, 1.54) is 24.3 Å². The van der Waals surface area contributed by atoms with Crippen molar-refractivity contribution in [2.75, 3.05) is 6.26 Å². The average Bonchev–Trinajstić information content (AvgIpc) is 2.36. The first-order valence-corrected chi connectivity index (χ1v) is 8.16. The van der Waals surface area contributed by atoms with E-state index in [2.05, 4.69) is 5.32 Å². The SMILES string of the molecule is CS(=O)(=O)Cc1ccc(C(=O)NC(CC(=O)O)C(=O)O)cc1. The Morgan fingerprint density at radius 1 is 1.14 bits per heavy atom. The van der Waals surface area contributed by atoms with E-state index >= 15 is 0 Å². The lowest BCUT2D eigenvalue weighted by Gasteiger charge is -2.12. The highest BCUT2D eigenvalue weighted by Gasteiger charge is 2.23. The molecule has 0 bridgehead atoms. The van der Waals surface area contributed by atoms with Crippen molar-refractivity contribution in [1.29, 1.82) is 0 Å². The first-order chi connectivity index (χ1) is 10.1. The summed E-state index contributed by atoms with van der Waals surface area (Å²) in [5.74, 6) is -3.73. The topological polar surface area (TPSA) is 138 Å². The summed E-state index contributed by atoms with van der Waals surface area (Å²) in [6.07, 6.45) is 0.338. The summed E-state index contributed by atoms with van der Waals surface area (Å²) in [5, 5.41) is 19.5. The lowest BCUT2D eigenvalue weighted by atomic mass is 10.1. The molecule has 0 radical (unpaired) electrons. The summed E-state index contributed by atoms with van der Waals surface area (Å²) >= 11 is 0. The Bertz CT molecular complexity index is 679. The second-order valence-corrected chi connectivity index (χ2v) is 6.87. The van der Waals surface area contributed by atoms with Gasteiger partial charge in [0.25, 0.3) is 5.91 Å². The molecule has 0 aliphatic rings. The fourth-order valence-electron chi connectivity index (χ4n) is 1.67. The Morgan fingerprint density at radius 3 is 2.09 bits per heavy atom. The first-order valence-electron chi connectivity index (χ1n) is 6.10. The lowest BCUT2D eigenvalue weighted by Crippen LogP contribution is -2.42. The number of aliphatic carboxylic acids is 2. The largest absolute Gasteiger partial charge is 0.481 e. The molecule has 0 heterocycles. The lowest BCUT2D eigenvalue weighted by molar-refractivity contribution is -0.145. The number of hydrogen-bond acceptors (Lipinski definition) is 5. The van der Waals surface area contributed by atoms with Crippen molar-refractivity contribution >= 4 is 27.7 Å². The standard InChI is InChI=1S/C13H15NO7S/c1-22(20,21)7-8-2-4-9(5-3-8)12(17)14-10(13(18)19)6-11(15)16/h2-5,10H,6-7H2,1H3,(H,14,17)(H,15,16)(H,18,19). The minimum atomic E-state index is -3.20. The molecule has 0 aliphatic carbocycles. The molecule has 1 amide bonds. The maximum Gasteiger partial charge on any atom is 0.326 e. The molecule has 22 heavy (non-hydrogen) atoms. The molecule has 3 N–H and O–H groups in total. The number of carbonyl (C=O) groups is 3. The predicted molar refractivity (Wildman–Crippen MR) is 76.1 cm³/mol. The minimum Gasteiger partial charge on any atom is -0.481 e. The van der Waals surface area contributed by atoms with E-state index in [4.69, 9.17) is 10.2 Å². The molecule has 0 aromatic heterocycles. The van der Waals surface area contributed by atoms with Crippen LogP contribution >= 0.6 is 0 Å². The summed E-state index contributed by atoms with van der Waals surface area (Å²) in [6, 6.07) is 4.01. The zero-order chi connectivity index (χ0) is 16.9. The summed E-state index contributed by atoms with van der Waals surface area (Å²) < 4.78 is 22.3. The van der Waals surface area contributed by atoms with Gasteiger partial charge in [-0.25, -0.2) is 13.2 Å². The molecule has 0 spiro atoms. The van der Waals surface area contributed by atoms with Crippen LogP contribution in [0.15, 0.2) is 24.3 Å². The van der Waals surface area contributed by atoms with Crippen LogP contribution in [0.4, 0.5) is 0 Å². The van der Waals surface area contributed by atoms with Gasteiger partial charge in [-0.05, 0) is 17.7 Å². The average molecular weight is 329 g/mol. The zero-order valence-electron chi connectivity index (χ0n) is 11.6. The van der Waals surface area contributed by atoms with Crippen LogP contribution in [-0.4, -0.2) is 48.8 Å². The third-order valence-electron chi connectivity index (χ3n) is 2.63. The van der Waals surface area contributed by atoms with Crippen molar-refractivity contribution in [3.63, 3.8) is 0 Å². The summed E-state index contributed by atoms with van der Waals surface area (Å²) in [6.45, 7) is 0. The molecule has 9 heteroatoms. The van der Waals surface area contributed by atoms with Gasteiger partial charge in [-0.2, -0.15) is 0 Å². The van der Waals surface area contributed by atoms with E-state index in [0.717, 1.165) is 6.26 Å². The quantitative estimate of drug-likeness (QED) is 0.634. The summed E-state index contributed by atoms with van der Waals surface area (Å²) in [5.41, 5.74) is 0.591. The number of carboxylic acid groups (broad SMARTS) is 2. The molecule has 1 aromatic carbocycles. The van der Waals surface area contributed by atoms with Gasteiger partial charge in [0, 0.05) is 11.8 Å². The molecule has 1 rings (SSSR count). The molecule has 0 saturated heterocycles. The van der Waals surface area contributed by atoms with Gasteiger partial charge in [-0.15, -0.1) is 0 Å². The Labute approximate surface area is 126 Å². The van der Waals surface area contributed by atoms with Crippen LogP contribution in [0.3, 0.4) is 0 Å². The van der Waals surface area contributed by atoms with Gasteiger partial charge < -0.3 is 15.5 Å². The first kappa shape index (κ1) is 17.6. The fraction of sp³-hybridized carbons (Fsp3) is 0.308. The number of carbonyl (C=O) groups excluding carboxylic acids is 1. The number of benzene rings is 1. The van der Waals surface area contributed by atoms with Gasteiger partial charge >= 0.3 is 11.9 Å². The Hall–Kier alpha value is -2.42. The van der Waals surface area contributed by atoms with Gasteiger partial charge in [0.15, 0.2) is 9.84 Å². The van der Waals surface area contributed by atoms with E-state index in [9.17, 15) is 22.8 Å². The van der Waals surface area contributed by atoms with Crippen molar-refractivity contribution in [1.82, 2.24) is 5.32 Å². The smallest absolute Gasteiger partial charge is 0.326 e. The number of rotatable bonds is 7. The molecule has 0 fully saturated rings. The van der Waals surface area contributed by atoms with Gasteiger partial charge in [-0.3, -0.25) is 9.59 Å². The third kappa shape index (κ3) is 5.92. The van der Waals surface area contributed by atoms with E-state index in [-0.39, 0.29) is 11.3 Å². The van der Waals surface area contributed by atoms with Gasteiger partial charge in [0.05, 0.1) is 12.2 Å². The van der Waals surface area contributed by atoms with E-state index in [1.807, 2.05) is 0 Å². The number of carboxylic acids is 2. The molecule has 1 aromatic rings. The van der Waals surface area contributed by atoms with Gasteiger partial charge in [0.2, 0.25) is 0 Å². The van der Waals surface area contributed by atoms with Crippen LogP contribution in [0, 0.1) is 0 Å². The number of sulfone groups is 1. The predicted octanol–water partition coefficient (Wildman–Crippen LogP) is -0.111. The molecule has 0 aliphatic heterocycles. The Morgan fingerprint density at radius 2 is 1.68 bits per heavy atom. The van der Waals surface area contributed by atoms with Gasteiger partial charge in [-0.1, -0.05) is 12.1 Å². The van der Waals surface area contributed by atoms with Crippen molar-refractivity contribution < 1.29 is 33.0 Å². The van der Waals surface area contributed by atoms with Gasteiger partial charge in [0.1, 0.15) is 6.04 Å². The molecule has 0 saturated carbocycles. The van der Waals surface area contributed by atoms with Crippen LogP contribution in [0.1, 0.15) is 22.3 Å². The van der Waals surface area contributed by atoms with E-state index in [1.54, 1.807) is 0 Å². The highest BCUT2D eigenvalue weighted by molar-refractivity contribution is 7.89. The van der Waals surface area contributed by atoms with Crippen LogP contribution in [0.2, 0.25) is 0 Å². The fourth-order valence-corrected chi connectivity index (χ4v) is 2.47. The Kier molecular flexibility index (Phi) is 5.63. The van der Waals surface area contributed by atoms with Crippen molar-refractivity contribution in [3.8, 4) is 0 Å². The monoisotopic (exact) mass is 329 g/mol. The van der Waals surface area contributed by atoms with Crippen molar-refractivity contribution in [2.24, 2.45) is 0 Å². The third-order valence-corrected chi connectivity index (χ3v) is 3.48. The van der Waals surface area contributed by atoms with Crippen LogP contribution in [0.25, 0.3) is 0 Å². The maximum atomic E-state index is 11.9. The highest BCUT2D eigenvalue weighted by atomic mass is 32.2. The molecular formula is C13H15NO7S. The highest BCUT2D eigenvalue weighted by Crippen LogP contribution is 2.08. The maximum absolute atomic E-state index is 11.9. The Balaban J connectivity index is 2.80.